The molecule has 0 amide bonds. The molecule has 0 N–H and O–H groups in total. The molecule has 0 unspecified atom stereocenters. The Morgan fingerprint density at radius 2 is 1.73 bits per heavy atom. The summed E-state index contributed by atoms with van der Waals surface area (Å²) in [5, 5.41) is 10.1. The van der Waals surface area contributed by atoms with Crippen molar-refractivity contribution in [2.24, 2.45) is 0 Å². The molecule has 1 aromatic heterocycles. The van der Waals surface area contributed by atoms with Gasteiger partial charge in [-0.3, -0.25) is 0 Å². The van der Waals surface area contributed by atoms with E-state index >= 15 is 0 Å². The van der Waals surface area contributed by atoms with Crippen molar-refractivity contribution in [3.05, 3.63) is 59.8 Å². The monoisotopic (exact) mass is 423 g/mol. The minimum Gasteiger partial charge on any atom is -0.473 e. The van der Waals surface area contributed by atoms with Crippen LogP contribution in [0, 0.1) is 0 Å². The van der Waals surface area contributed by atoms with Gasteiger partial charge in [0.25, 0.3) is 0 Å². The molecule has 0 atom stereocenters. The Hall–Kier alpha value is -2.51. The average molecular weight is 424 g/mol. The first-order chi connectivity index (χ1) is 14.6. The second-order valence-electron chi connectivity index (χ2n) is 8.10. The highest BCUT2D eigenvalue weighted by atomic mass is 32.2. The number of aryl methyl sites for hydroxylation is 2. The Morgan fingerprint density at radius 1 is 0.967 bits per heavy atom. The fourth-order valence-electron chi connectivity index (χ4n) is 4.46. The summed E-state index contributed by atoms with van der Waals surface area (Å²) in [4.78, 5) is 0.419. The normalized spacial score (nSPS) is 18.3. The fraction of sp³-hybridized carbons (Fsp3) is 0.391. The molecule has 2 heterocycles. The first-order valence-electron chi connectivity index (χ1n) is 10.6. The van der Waals surface area contributed by atoms with Gasteiger partial charge >= 0.3 is 0 Å². The molecule has 2 aromatic carbocycles. The summed E-state index contributed by atoms with van der Waals surface area (Å²) < 4.78 is 34.1. The highest BCUT2D eigenvalue weighted by molar-refractivity contribution is 7.89. The topological polar surface area (TPSA) is 72.4 Å². The summed E-state index contributed by atoms with van der Waals surface area (Å²) in [6, 6.07) is 13.5. The predicted molar refractivity (Wildman–Crippen MR) is 115 cm³/mol. The maximum Gasteiger partial charge on any atom is 0.243 e. The molecule has 0 spiro atoms. The lowest BCUT2D eigenvalue weighted by molar-refractivity contribution is 0.130. The van der Waals surface area contributed by atoms with Gasteiger partial charge in [0.1, 0.15) is 6.10 Å². The number of benzene rings is 2. The molecule has 1 aliphatic heterocycles. The van der Waals surface area contributed by atoms with Crippen molar-refractivity contribution in [3.63, 3.8) is 0 Å². The zero-order valence-corrected chi connectivity index (χ0v) is 17.6. The van der Waals surface area contributed by atoms with E-state index in [1.807, 2.05) is 36.4 Å². The predicted octanol–water partition coefficient (Wildman–Crippen LogP) is 3.74. The number of ether oxygens (including phenoxy) is 1. The smallest absolute Gasteiger partial charge is 0.243 e. The van der Waals surface area contributed by atoms with Crippen LogP contribution in [-0.4, -0.2) is 42.1 Å². The molecular formula is C23H25N3O3S. The third-order valence-electron chi connectivity index (χ3n) is 6.17. The number of hydrogen-bond donors (Lipinski definition) is 0. The molecule has 3 aromatic rings. The lowest BCUT2D eigenvalue weighted by atomic mass is 9.92. The van der Waals surface area contributed by atoms with Crippen molar-refractivity contribution in [2.45, 2.75) is 49.5 Å². The van der Waals surface area contributed by atoms with E-state index in [0.717, 1.165) is 30.0 Å². The van der Waals surface area contributed by atoms with Gasteiger partial charge in [-0.1, -0.05) is 24.3 Å². The number of aromatic nitrogens is 2. The molecule has 1 fully saturated rings. The van der Waals surface area contributed by atoms with Gasteiger partial charge in [0.05, 0.1) is 11.1 Å². The minimum atomic E-state index is -3.48. The van der Waals surface area contributed by atoms with Crippen LogP contribution >= 0.6 is 0 Å². The van der Waals surface area contributed by atoms with E-state index < -0.39 is 10.0 Å². The zero-order valence-electron chi connectivity index (χ0n) is 16.8. The van der Waals surface area contributed by atoms with Gasteiger partial charge < -0.3 is 4.74 Å². The number of rotatable bonds is 4. The SMILES string of the molecule is O=S(=O)(c1ccc2c(c1)CCCC2)N1CCC(Oc2nncc3ccccc23)CC1. The van der Waals surface area contributed by atoms with Gasteiger partial charge in [-0.05, 0) is 67.9 Å². The lowest BCUT2D eigenvalue weighted by Gasteiger charge is -2.31. The van der Waals surface area contributed by atoms with Crippen LogP contribution < -0.4 is 4.74 Å². The molecule has 0 saturated carbocycles. The van der Waals surface area contributed by atoms with Crippen LogP contribution in [0.1, 0.15) is 36.8 Å². The van der Waals surface area contributed by atoms with E-state index in [1.54, 1.807) is 16.6 Å². The van der Waals surface area contributed by atoms with E-state index in [-0.39, 0.29) is 6.10 Å². The maximum atomic E-state index is 13.2. The van der Waals surface area contributed by atoms with Gasteiger partial charge in [-0.15, -0.1) is 5.10 Å². The zero-order chi connectivity index (χ0) is 20.6. The van der Waals surface area contributed by atoms with E-state index in [2.05, 4.69) is 10.2 Å². The second-order valence-corrected chi connectivity index (χ2v) is 10.0. The molecule has 0 bridgehead atoms. The third kappa shape index (κ3) is 3.68. The number of sulfonamides is 1. The van der Waals surface area contributed by atoms with Crippen molar-refractivity contribution < 1.29 is 13.2 Å². The van der Waals surface area contributed by atoms with Gasteiger partial charge in [0.2, 0.25) is 15.9 Å². The minimum absolute atomic E-state index is 0.0694. The average Bonchev–Trinajstić information content (AvgIpc) is 2.79. The van der Waals surface area contributed by atoms with E-state index in [0.29, 0.717) is 36.7 Å². The van der Waals surface area contributed by atoms with E-state index in [1.165, 1.54) is 17.5 Å². The van der Waals surface area contributed by atoms with Gasteiger partial charge in [0, 0.05) is 23.9 Å². The number of nitrogens with zero attached hydrogens (tertiary/aromatic N) is 3. The number of hydrogen-bond acceptors (Lipinski definition) is 5. The molecule has 1 aliphatic carbocycles. The van der Waals surface area contributed by atoms with Crippen LogP contribution in [0.4, 0.5) is 0 Å². The maximum absolute atomic E-state index is 13.2. The van der Waals surface area contributed by atoms with Crippen molar-refractivity contribution in [1.82, 2.24) is 14.5 Å². The van der Waals surface area contributed by atoms with Crippen LogP contribution in [0.5, 0.6) is 5.88 Å². The van der Waals surface area contributed by atoms with Gasteiger partial charge in [0.15, 0.2) is 0 Å². The Balaban J connectivity index is 1.28. The molecule has 0 radical (unpaired) electrons. The molecule has 30 heavy (non-hydrogen) atoms. The summed E-state index contributed by atoms with van der Waals surface area (Å²) >= 11 is 0. The van der Waals surface area contributed by atoms with E-state index in [4.69, 9.17) is 4.74 Å². The summed E-state index contributed by atoms with van der Waals surface area (Å²) in [5.41, 5.74) is 2.48. The van der Waals surface area contributed by atoms with Gasteiger partial charge in [-0.2, -0.15) is 9.40 Å². The molecule has 156 valence electrons. The van der Waals surface area contributed by atoms with Gasteiger partial charge in [-0.25, -0.2) is 8.42 Å². The summed E-state index contributed by atoms with van der Waals surface area (Å²) in [5.74, 6) is 0.518. The molecule has 2 aliphatic rings. The standard InChI is InChI=1S/C23H25N3O3S/c27-30(28,21-10-9-17-5-1-2-6-18(17)15-21)26-13-11-20(12-14-26)29-23-22-8-4-3-7-19(22)16-24-25-23/h3-4,7-10,15-16,20H,1-2,5-6,11-14H2. The van der Waals surface area contributed by atoms with Crippen molar-refractivity contribution in [2.75, 3.05) is 13.1 Å². The summed E-state index contributed by atoms with van der Waals surface area (Å²) in [6.45, 7) is 0.893. The van der Waals surface area contributed by atoms with Crippen LogP contribution in [0.2, 0.25) is 0 Å². The van der Waals surface area contributed by atoms with E-state index in [9.17, 15) is 8.42 Å². The number of piperidine rings is 1. The highest BCUT2D eigenvalue weighted by Gasteiger charge is 2.31. The highest BCUT2D eigenvalue weighted by Crippen LogP contribution is 2.29. The summed E-state index contributed by atoms with van der Waals surface area (Å²) in [6.07, 6.45) is 7.26. The molecule has 5 rings (SSSR count). The van der Waals surface area contributed by atoms with Crippen LogP contribution in [0.15, 0.2) is 53.6 Å². The second kappa shape index (κ2) is 7.96. The molecule has 7 heteroatoms. The molecular weight excluding hydrogens is 398 g/mol. The Labute approximate surface area is 176 Å². The van der Waals surface area contributed by atoms with Crippen LogP contribution in [0.25, 0.3) is 10.8 Å². The largest absolute Gasteiger partial charge is 0.473 e. The van der Waals surface area contributed by atoms with Crippen LogP contribution in [-0.2, 0) is 22.9 Å². The summed E-state index contributed by atoms with van der Waals surface area (Å²) in [7, 11) is -3.48. The van der Waals surface area contributed by atoms with Crippen molar-refractivity contribution in [1.29, 1.82) is 0 Å². The molecule has 1 saturated heterocycles. The quantitative estimate of drug-likeness (QED) is 0.639. The lowest BCUT2D eigenvalue weighted by Crippen LogP contribution is -2.41. The van der Waals surface area contributed by atoms with Crippen LogP contribution in [0.3, 0.4) is 0 Å². The number of fused-ring (bicyclic) bond motifs is 2. The first kappa shape index (κ1) is 19.5. The van der Waals surface area contributed by atoms with Crippen molar-refractivity contribution >= 4 is 20.8 Å². The Morgan fingerprint density at radius 3 is 2.57 bits per heavy atom. The fourth-order valence-corrected chi connectivity index (χ4v) is 5.98. The Kier molecular flexibility index (Phi) is 5.16. The third-order valence-corrected chi connectivity index (χ3v) is 8.07. The van der Waals surface area contributed by atoms with Crippen molar-refractivity contribution in [3.8, 4) is 5.88 Å². The first-order valence-corrected chi connectivity index (χ1v) is 12.0. The molecule has 6 nitrogen and oxygen atoms in total. The Bertz CT molecular complexity index is 1170.